The van der Waals surface area contributed by atoms with Gasteiger partial charge in [-0.05, 0) is 55.7 Å². The van der Waals surface area contributed by atoms with Crippen LogP contribution in [-0.2, 0) is 13.0 Å². The third kappa shape index (κ3) is 2.99. The predicted molar refractivity (Wildman–Crippen MR) is 79.9 cm³/mol. The molecule has 110 valence electrons. The van der Waals surface area contributed by atoms with Gasteiger partial charge in [-0.25, -0.2) is 0 Å². The quantitative estimate of drug-likeness (QED) is 0.838. The van der Waals surface area contributed by atoms with E-state index >= 15 is 0 Å². The number of ether oxygens (including phenoxy) is 1. The lowest BCUT2D eigenvalue weighted by Gasteiger charge is -2.16. The number of fused-ring (bicyclic) bond motifs is 1. The minimum absolute atomic E-state index is 0.0619. The maximum atomic E-state index is 9.07. The highest BCUT2D eigenvalue weighted by Gasteiger charge is 2.41. The number of rotatable bonds is 6. The molecule has 0 aromatic heterocycles. The van der Waals surface area contributed by atoms with E-state index in [4.69, 9.17) is 9.84 Å². The van der Waals surface area contributed by atoms with Gasteiger partial charge >= 0.3 is 0 Å². The van der Waals surface area contributed by atoms with Crippen LogP contribution in [0.5, 0.6) is 5.75 Å². The molecule has 0 atom stereocenters. The molecule has 1 aromatic carbocycles. The van der Waals surface area contributed by atoms with E-state index < -0.39 is 0 Å². The summed E-state index contributed by atoms with van der Waals surface area (Å²) in [5.74, 6) is 1.04. The Morgan fingerprint density at radius 2 is 2.10 bits per heavy atom. The molecule has 1 aliphatic carbocycles. The van der Waals surface area contributed by atoms with Crippen molar-refractivity contribution < 1.29 is 9.84 Å². The van der Waals surface area contributed by atoms with E-state index in [1.165, 1.54) is 24.0 Å². The number of hydrogen-bond acceptors (Lipinski definition) is 3. The number of aliphatic hydroxyl groups is 1. The zero-order valence-electron chi connectivity index (χ0n) is 12.5. The third-order valence-corrected chi connectivity index (χ3v) is 4.56. The highest BCUT2D eigenvalue weighted by Crippen LogP contribution is 2.47. The van der Waals surface area contributed by atoms with E-state index in [0.29, 0.717) is 12.0 Å². The van der Waals surface area contributed by atoms with Gasteiger partial charge in [-0.1, -0.05) is 12.1 Å². The van der Waals surface area contributed by atoms with Crippen molar-refractivity contribution in [1.29, 1.82) is 0 Å². The van der Waals surface area contributed by atoms with Gasteiger partial charge in [0.2, 0.25) is 0 Å². The van der Waals surface area contributed by atoms with Crippen LogP contribution in [0.2, 0.25) is 0 Å². The fourth-order valence-electron chi connectivity index (χ4n) is 3.17. The second-order valence-electron chi connectivity index (χ2n) is 7.06. The molecule has 0 amide bonds. The number of aliphatic hydroxyl groups excluding tert-OH is 1. The molecular weight excluding hydrogens is 250 g/mol. The monoisotopic (exact) mass is 275 g/mol. The van der Waals surface area contributed by atoms with E-state index in [-0.39, 0.29) is 5.60 Å². The van der Waals surface area contributed by atoms with Crippen LogP contribution < -0.4 is 10.1 Å². The fraction of sp³-hybridized carbons (Fsp3) is 0.647. The zero-order valence-corrected chi connectivity index (χ0v) is 12.5. The van der Waals surface area contributed by atoms with E-state index in [1.807, 2.05) is 0 Å². The Kier molecular flexibility index (Phi) is 3.51. The van der Waals surface area contributed by atoms with Gasteiger partial charge in [0.25, 0.3) is 0 Å². The molecule has 1 aromatic rings. The molecule has 3 nitrogen and oxygen atoms in total. The Bertz CT molecular complexity index is 492. The Morgan fingerprint density at radius 1 is 1.30 bits per heavy atom. The van der Waals surface area contributed by atoms with Crippen LogP contribution in [0.3, 0.4) is 0 Å². The van der Waals surface area contributed by atoms with E-state index in [9.17, 15) is 0 Å². The van der Waals surface area contributed by atoms with E-state index in [0.717, 1.165) is 31.7 Å². The van der Waals surface area contributed by atoms with Crippen molar-refractivity contribution in [2.45, 2.75) is 51.7 Å². The molecular formula is C17H25NO2. The van der Waals surface area contributed by atoms with Gasteiger partial charge in [0.05, 0.1) is 0 Å². The van der Waals surface area contributed by atoms with Crippen LogP contribution in [0.15, 0.2) is 18.2 Å². The van der Waals surface area contributed by atoms with E-state index in [1.54, 1.807) is 0 Å². The van der Waals surface area contributed by atoms with Crippen LogP contribution in [0, 0.1) is 5.41 Å². The lowest BCUT2D eigenvalue weighted by molar-refractivity contribution is 0.138. The molecule has 1 fully saturated rings. The third-order valence-electron chi connectivity index (χ3n) is 4.56. The van der Waals surface area contributed by atoms with Gasteiger partial charge in [0.15, 0.2) is 0 Å². The van der Waals surface area contributed by atoms with Crippen molar-refractivity contribution in [2.24, 2.45) is 5.41 Å². The first-order valence-corrected chi connectivity index (χ1v) is 7.64. The summed E-state index contributed by atoms with van der Waals surface area (Å²) in [6.07, 6.45) is 4.44. The first-order chi connectivity index (χ1) is 9.52. The standard InChI is InChI=1S/C17H25NO2/c1-16(2)10-14-9-13(3-4-15(14)20-16)11-18-12-17(5-6-17)7-8-19/h3-4,9,18-19H,5-8,10-12H2,1-2H3. The topological polar surface area (TPSA) is 41.5 Å². The van der Waals surface area contributed by atoms with E-state index in [2.05, 4.69) is 37.4 Å². The number of nitrogens with one attached hydrogen (secondary N) is 1. The summed E-state index contributed by atoms with van der Waals surface area (Å²) in [7, 11) is 0. The van der Waals surface area contributed by atoms with Crippen molar-refractivity contribution in [3.63, 3.8) is 0 Å². The van der Waals surface area contributed by atoms with Gasteiger partial charge in [-0.3, -0.25) is 0 Å². The van der Waals surface area contributed by atoms with Crippen molar-refractivity contribution in [3.05, 3.63) is 29.3 Å². The summed E-state index contributed by atoms with van der Waals surface area (Å²) in [5, 5.41) is 12.6. The molecule has 0 saturated heterocycles. The van der Waals surface area contributed by atoms with Gasteiger partial charge < -0.3 is 15.2 Å². The Morgan fingerprint density at radius 3 is 2.80 bits per heavy atom. The normalized spacial score (nSPS) is 21.4. The summed E-state index contributed by atoms with van der Waals surface area (Å²) in [4.78, 5) is 0. The van der Waals surface area contributed by atoms with Crippen molar-refractivity contribution in [3.8, 4) is 5.75 Å². The summed E-state index contributed by atoms with van der Waals surface area (Å²) < 4.78 is 5.90. The number of hydrogen-bond donors (Lipinski definition) is 2. The molecule has 0 unspecified atom stereocenters. The van der Waals surface area contributed by atoms with Gasteiger partial charge in [0, 0.05) is 26.1 Å². The molecule has 3 rings (SSSR count). The van der Waals surface area contributed by atoms with Crippen molar-refractivity contribution in [2.75, 3.05) is 13.2 Å². The smallest absolute Gasteiger partial charge is 0.123 e. The maximum Gasteiger partial charge on any atom is 0.123 e. The highest BCUT2D eigenvalue weighted by molar-refractivity contribution is 5.41. The Balaban J connectivity index is 1.55. The second kappa shape index (κ2) is 5.05. The molecule has 1 heterocycles. The lowest BCUT2D eigenvalue weighted by atomic mass is 10.00. The predicted octanol–water partition coefficient (Wildman–Crippen LogP) is 2.65. The second-order valence-corrected chi connectivity index (χ2v) is 7.06. The maximum absolute atomic E-state index is 9.07. The lowest BCUT2D eigenvalue weighted by Crippen LogP contribution is -2.24. The molecule has 1 aliphatic heterocycles. The zero-order chi connectivity index (χ0) is 14.2. The molecule has 0 radical (unpaired) electrons. The molecule has 1 saturated carbocycles. The van der Waals surface area contributed by atoms with Crippen LogP contribution in [0.25, 0.3) is 0 Å². The molecule has 0 spiro atoms. The first kappa shape index (κ1) is 13.9. The Hall–Kier alpha value is -1.06. The highest BCUT2D eigenvalue weighted by atomic mass is 16.5. The van der Waals surface area contributed by atoms with Gasteiger partial charge in [0.1, 0.15) is 11.4 Å². The van der Waals surface area contributed by atoms with Crippen LogP contribution in [-0.4, -0.2) is 23.9 Å². The average Bonchev–Trinajstić information content (AvgIpc) is 3.04. The molecule has 20 heavy (non-hydrogen) atoms. The molecule has 2 aliphatic rings. The van der Waals surface area contributed by atoms with Crippen molar-refractivity contribution in [1.82, 2.24) is 5.32 Å². The first-order valence-electron chi connectivity index (χ1n) is 7.64. The van der Waals surface area contributed by atoms with Crippen LogP contribution >= 0.6 is 0 Å². The van der Waals surface area contributed by atoms with Gasteiger partial charge in [-0.15, -0.1) is 0 Å². The molecule has 3 heteroatoms. The van der Waals surface area contributed by atoms with Crippen LogP contribution in [0.1, 0.15) is 44.2 Å². The average molecular weight is 275 g/mol. The minimum atomic E-state index is -0.0619. The molecule has 2 N–H and O–H groups in total. The van der Waals surface area contributed by atoms with Crippen molar-refractivity contribution >= 4 is 0 Å². The van der Waals surface area contributed by atoms with Crippen LogP contribution in [0.4, 0.5) is 0 Å². The number of benzene rings is 1. The fourth-order valence-corrected chi connectivity index (χ4v) is 3.17. The SMILES string of the molecule is CC1(C)Cc2cc(CNCC3(CCO)CC3)ccc2O1. The Labute approximate surface area is 121 Å². The summed E-state index contributed by atoms with van der Waals surface area (Å²) in [6, 6.07) is 6.52. The van der Waals surface area contributed by atoms with Gasteiger partial charge in [-0.2, -0.15) is 0 Å². The summed E-state index contributed by atoms with van der Waals surface area (Å²) in [6.45, 7) is 6.51. The molecule has 0 bridgehead atoms. The summed E-state index contributed by atoms with van der Waals surface area (Å²) >= 11 is 0. The minimum Gasteiger partial charge on any atom is -0.487 e. The largest absolute Gasteiger partial charge is 0.487 e. The summed E-state index contributed by atoms with van der Waals surface area (Å²) in [5.41, 5.74) is 2.97.